The molecule has 12 atom stereocenters. The molecular weight excluding hydrogens is 847 g/mol. The summed E-state index contributed by atoms with van der Waals surface area (Å²) in [6.45, 7) is 10.0. The average Bonchev–Trinajstić information content (AvgIpc) is 4.20. The Balaban J connectivity index is 0.778. The Bertz CT molecular complexity index is 2270. The molecule has 360 valence electrons. The average molecular weight is 918 g/mol. The van der Waals surface area contributed by atoms with E-state index in [0.717, 1.165) is 30.6 Å². The van der Waals surface area contributed by atoms with E-state index < -0.39 is 36.1 Å². The molecule has 2 aromatic rings. The van der Waals surface area contributed by atoms with E-state index in [2.05, 4.69) is 71.4 Å². The molecule has 0 radical (unpaired) electrons. The lowest BCUT2D eigenvalue weighted by molar-refractivity contribution is -0.150. The number of nitrogens with zero attached hydrogens (tertiary/aromatic N) is 2. The van der Waals surface area contributed by atoms with Crippen molar-refractivity contribution in [2.75, 3.05) is 24.9 Å². The van der Waals surface area contributed by atoms with Gasteiger partial charge in [0.25, 0.3) is 0 Å². The summed E-state index contributed by atoms with van der Waals surface area (Å²) in [6, 6.07) is 15.5. The molecule has 3 N–H and O–H groups in total. The highest BCUT2D eigenvalue weighted by Gasteiger charge is 2.64. The summed E-state index contributed by atoms with van der Waals surface area (Å²) in [6.07, 6.45) is 10.9. The third kappa shape index (κ3) is 8.01. The molecule has 2 aliphatic heterocycles. The molecule has 0 spiro atoms. The van der Waals surface area contributed by atoms with E-state index in [0.29, 0.717) is 54.3 Å². The Labute approximate surface area is 395 Å². The van der Waals surface area contributed by atoms with Crippen molar-refractivity contribution in [3.63, 3.8) is 0 Å². The molecule has 2 heterocycles. The first kappa shape index (κ1) is 45.8. The van der Waals surface area contributed by atoms with Crippen molar-refractivity contribution in [1.29, 1.82) is 0 Å². The maximum absolute atomic E-state index is 13.9. The van der Waals surface area contributed by atoms with Gasteiger partial charge in [-0.2, -0.15) is 0 Å². The summed E-state index contributed by atoms with van der Waals surface area (Å²) in [5, 5.41) is 9.01. The molecular formula is C54H71N5O8. The molecule has 2 aromatic carbocycles. The van der Waals surface area contributed by atoms with Crippen molar-refractivity contribution in [2.45, 2.75) is 153 Å². The number of hydrogen-bond acceptors (Lipinski definition) is 8. The zero-order valence-corrected chi connectivity index (χ0v) is 40.4. The number of piperidine rings is 2. The summed E-state index contributed by atoms with van der Waals surface area (Å²) in [5.74, 6) is 2.30. The first-order valence-corrected chi connectivity index (χ1v) is 25.5. The zero-order valence-electron chi connectivity index (χ0n) is 40.4. The van der Waals surface area contributed by atoms with Crippen LogP contribution < -0.4 is 16.0 Å². The van der Waals surface area contributed by atoms with Gasteiger partial charge in [0.05, 0.1) is 26.6 Å². The lowest BCUT2D eigenvalue weighted by Crippen LogP contribution is -2.61. The van der Waals surface area contributed by atoms with E-state index in [1.54, 1.807) is 9.80 Å². The van der Waals surface area contributed by atoms with Crippen molar-refractivity contribution in [1.82, 2.24) is 15.1 Å². The van der Waals surface area contributed by atoms with Crippen LogP contribution in [-0.2, 0) is 44.3 Å². The van der Waals surface area contributed by atoms with E-state index in [4.69, 9.17) is 9.47 Å². The summed E-state index contributed by atoms with van der Waals surface area (Å²) in [7, 11) is 2.63. The standard InChI is InChI=1S/C54H71N5O8/c1-8-53(34-9-13-36(14-10-34)56-49(62)45-21-31-19-43(31)59(45)51(64)47(29(4)5)57-52(65)67-7)25-39-32-17-33-24-54(23-32,27-41(39)40(33)26-53)35-11-15-37(16-12-35)55-48(61)44-20-30-18-42(30)58(44)50(63)38(28(2)3)22-46(60)66-6/h9-16,28-33,38-45,47H,8,17-27H2,1-7H3,(H,55,61)(H,56,62)(H,57,65)/t30-,31-,32?,33?,38+,39?,40?,41?,42-,43-,44+,45+,47+,53?,54?/m1/s1. The number of carbonyl (C=O) groups excluding carboxylic acids is 6. The second-order valence-electron chi connectivity index (χ2n) is 22.9. The molecule has 11 rings (SSSR count). The molecule has 5 amide bonds. The topological polar surface area (TPSA) is 163 Å². The smallest absolute Gasteiger partial charge is 0.407 e. The van der Waals surface area contributed by atoms with E-state index in [9.17, 15) is 28.8 Å². The normalized spacial score (nSPS) is 35.6. The molecule has 7 saturated carbocycles. The molecule has 7 aliphatic carbocycles. The number of amides is 5. The highest BCUT2D eigenvalue weighted by molar-refractivity contribution is 6.00. The van der Waals surface area contributed by atoms with Gasteiger partial charge in [-0.05, 0) is 170 Å². The minimum Gasteiger partial charge on any atom is -0.469 e. The molecule has 2 saturated heterocycles. The van der Waals surface area contributed by atoms with Gasteiger partial charge in [0.2, 0.25) is 23.6 Å². The highest BCUT2D eigenvalue weighted by Crippen LogP contribution is 2.71. The number of fused-ring (bicyclic) bond motifs is 2. The van der Waals surface area contributed by atoms with Gasteiger partial charge in [0.15, 0.2) is 0 Å². The number of carbonyl (C=O) groups is 6. The molecule has 6 bridgehead atoms. The summed E-state index contributed by atoms with van der Waals surface area (Å²) in [5.41, 5.74) is 4.50. The number of ether oxygens (including phenoxy) is 2. The van der Waals surface area contributed by atoms with Gasteiger partial charge in [0.1, 0.15) is 18.1 Å². The molecule has 9 aliphatic rings. The minimum absolute atomic E-state index is 0.0205. The van der Waals surface area contributed by atoms with Crippen LogP contribution in [0.4, 0.5) is 16.2 Å². The summed E-state index contributed by atoms with van der Waals surface area (Å²) < 4.78 is 9.70. The predicted molar refractivity (Wildman–Crippen MR) is 252 cm³/mol. The number of rotatable bonds is 14. The first-order valence-electron chi connectivity index (χ1n) is 25.5. The number of nitrogens with one attached hydrogen (secondary N) is 3. The van der Waals surface area contributed by atoms with Gasteiger partial charge < -0.3 is 35.2 Å². The molecule has 0 aromatic heterocycles. The molecule has 13 nitrogen and oxygen atoms in total. The van der Waals surface area contributed by atoms with E-state index in [1.807, 2.05) is 27.7 Å². The monoisotopic (exact) mass is 918 g/mol. The van der Waals surface area contributed by atoms with Crippen molar-refractivity contribution in [3.05, 3.63) is 59.7 Å². The van der Waals surface area contributed by atoms with E-state index in [-0.39, 0.29) is 64.8 Å². The van der Waals surface area contributed by atoms with Crippen molar-refractivity contribution in [3.8, 4) is 0 Å². The third-order valence-corrected chi connectivity index (χ3v) is 18.8. The van der Waals surface area contributed by atoms with E-state index in [1.165, 1.54) is 63.9 Å². The van der Waals surface area contributed by atoms with Crippen LogP contribution >= 0.6 is 0 Å². The Kier molecular flexibility index (Phi) is 11.8. The lowest BCUT2D eigenvalue weighted by Gasteiger charge is -2.68. The van der Waals surface area contributed by atoms with Crippen LogP contribution in [-0.4, -0.2) is 89.9 Å². The van der Waals surface area contributed by atoms with Crippen LogP contribution in [0.25, 0.3) is 0 Å². The fourth-order valence-electron chi connectivity index (χ4n) is 15.1. The number of anilines is 2. The third-order valence-electron chi connectivity index (χ3n) is 18.8. The van der Waals surface area contributed by atoms with Crippen LogP contribution in [0.1, 0.15) is 123 Å². The quantitative estimate of drug-likeness (QED) is 0.162. The Morgan fingerprint density at radius 1 is 0.612 bits per heavy atom. The lowest BCUT2D eigenvalue weighted by atomic mass is 9.36. The second-order valence-corrected chi connectivity index (χ2v) is 22.9. The predicted octanol–water partition coefficient (Wildman–Crippen LogP) is 7.82. The second kappa shape index (κ2) is 17.2. The maximum Gasteiger partial charge on any atom is 0.407 e. The van der Waals surface area contributed by atoms with Gasteiger partial charge >= 0.3 is 12.1 Å². The van der Waals surface area contributed by atoms with Crippen LogP contribution in [0.5, 0.6) is 0 Å². The Morgan fingerprint density at radius 3 is 1.61 bits per heavy atom. The number of hydrogen-bond donors (Lipinski definition) is 3. The van der Waals surface area contributed by atoms with Gasteiger partial charge in [-0.3, -0.25) is 24.0 Å². The fraction of sp³-hybridized carbons (Fsp3) is 0.667. The largest absolute Gasteiger partial charge is 0.469 e. The van der Waals surface area contributed by atoms with Gasteiger partial charge in [-0.1, -0.05) is 58.9 Å². The molecule has 13 heteroatoms. The Morgan fingerprint density at radius 2 is 1.13 bits per heavy atom. The zero-order chi connectivity index (χ0) is 47.3. The number of likely N-dealkylation sites (tertiary alicyclic amines) is 2. The van der Waals surface area contributed by atoms with Crippen molar-refractivity contribution < 1.29 is 38.2 Å². The van der Waals surface area contributed by atoms with Gasteiger partial charge in [-0.25, -0.2) is 4.79 Å². The van der Waals surface area contributed by atoms with Crippen LogP contribution in [0.3, 0.4) is 0 Å². The molecule has 9 fully saturated rings. The number of esters is 1. The fourth-order valence-corrected chi connectivity index (χ4v) is 15.1. The maximum atomic E-state index is 13.9. The Hall–Kier alpha value is -4.94. The SMILES string of the molecule is CCC1(c2ccc(NC(=O)[C@@H]3C[C@H]4C[C@H]4N3C(=O)[C@@H](NC(=O)OC)C(C)C)cc2)CC2C3CC4CC(c5ccc(NC(=O)[C@@H]6C[C@H]7C[C@H]7N6C(=O)[C@@H](CC(=O)OC)C(C)C)cc5)(C3)CC2C4C1. The number of methoxy groups -OCH3 is 2. The van der Waals surface area contributed by atoms with Crippen LogP contribution in [0, 0.1) is 59.2 Å². The molecule has 4 unspecified atom stereocenters. The van der Waals surface area contributed by atoms with Crippen molar-refractivity contribution >= 4 is 47.1 Å². The summed E-state index contributed by atoms with van der Waals surface area (Å²) in [4.78, 5) is 83.2. The van der Waals surface area contributed by atoms with Gasteiger partial charge in [0, 0.05) is 23.5 Å². The highest BCUT2D eigenvalue weighted by atomic mass is 16.5. The van der Waals surface area contributed by atoms with E-state index >= 15 is 0 Å². The van der Waals surface area contributed by atoms with Crippen molar-refractivity contribution in [2.24, 2.45) is 59.2 Å². The van der Waals surface area contributed by atoms with Crippen LogP contribution in [0.15, 0.2) is 48.5 Å². The number of alkyl carbamates (subject to hydrolysis) is 1. The molecule has 67 heavy (non-hydrogen) atoms. The van der Waals surface area contributed by atoms with Gasteiger partial charge in [-0.15, -0.1) is 0 Å². The number of benzene rings is 2. The first-order chi connectivity index (χ1) is 32.1. The minimum atomic E-state index is -0.767. The van der Waals surface area contributed by atoms with Crippen LogP contribution in [0.2, 0.25) is 0 Å². The summed E-state index contributed by atoms with van der Waals surface area (Å²) >= 11 is 0.